The monoisotopic (exact) mass is 484 g/mol. The van der Waals surface area contributed by atoms with Gasteiger partial charge >= 0.3 is 5.97 Å². The molecular weight excluding hydrogens is 432 g/mol. The molecule has 5 atom stereocenters. The smallest absolute Gasteiger partial charge is 0.304 e. The first-order valence-corrected chi connectivity index (χ1v) is 16.6. The average molecular weight is 485 g/mol. The van der Waals surface area contributed by atoms with Crippen LogP contribution in [0.5, 0.6) is 0 Å². The lowest BCUT2D eigenvalue weighted by molar-refractivity contribution is -0.182. The van der Waals surface area contributed by atoms with Crippen LogP contribution in [0.25, 0.3) is 0 Å². The number of rotatable bonds is 14. The highest BCUT2D eigenvalue weighted by Gasteiger charge is 2.44. The Hall–Kier alpha value is -0.433. The van der Waals surface area contributed by atoms with Gasteiger partial charge < -0.3 is 18.6 Å². The van der Waals surface area contributed by atoms with Gasteiger partial charge in [0, 0.05) is 13.3 Å². The van der Waals surface area contributed by atoms with Gasteiger partial charge in [-0.25, -0.2) is 0 Å². The van der Waals surface area contributed by atoms with Crippen LogP contribution in [0.4, 0.5) is 0 Å². The number of hydrogen-bond acceptors (Lipinski definition) is 5. The number of unbranched alkanes of at least 4 members (excludes halogenated alkanes) is 7. The Kier molecular flexibility index (Phi) is 11.9. The van der Waals surface area contributed by atoms with Gasteiger partial charge in [0.05, 0.1) is 24.4 Å². The van der Waals surface area contributed by atoms with Gasteiger partial charge in [0.15, 0.2) is 8.32 Å². The molecule has 0 aliphatic carbocycles. The highest BCUT2D eigenvalue weighted by atomic mass is 28.4. The molecule has 2 rings (SSSR count). The zero-order valence-electron chi connectivity index (χ0n) is 22.6. The molecule has 6 heteroatoms. The highest BCUT2D eigenvalue weighted by molar-refractivity contribution is 6.74. The van der Waals surface area contributed by atoms with Gasteiger partial charge in [0.25, 0.3) is 0 Å². The van der Waals surface area contributed by atoms with E-state index in [-0.39, 0.29) is 35.4 Å². The van der Waals surface area contributed by atoms with Crippen molar-refractivity contribution in [3.63, 3.8) is 0 Å². The summed E-state index contributed by atoms with van der Waals surface area (Å²) in [6, 6.07) is 0. The standard InChI is InChI=1S/C27H52O5Si/c1-8-9-10-11-12-13-14-15-16-25(32-33(6,7)27(3,4)5)24-18-17-22(30-24)23-19-20-26(31-23)29-21(2)28/h22-26H,8-20H2,1-7H3/t22-,23+,24-,25-,26?/m0/s1. The molecule has 5 nitrogen and oxygen atoms in total. The van der Waals surface area contributed by atoms with E-state index in [2.05, 4.69) is 40.8 Å². The molecule has 2 saturated heterocycles. The van der Waals surface area contributed by atoms with Crippen molar-refractivity contribution in [3.8, 4) is 0 Å². The van der Waals surface area contributed by atoms with Crippen molar-refractivity contribution < 1.29 is 23.4 Å². The lowest BCUT2D eigenvalue weighted by atomic mass is 10.0. The molecule has 33 heavy (non-hydrogen) atoms. The van der Waals surface area contributed by atoms with Gasteiger partial charge in [0.1, 0.15) is 0 Å². The maximum atomic E-state index is 11.2. The topological polar surface area (TPSA) is 54.0 Å². The van der Waals surface area contributed by atoms with Crippen LogP contribution >= 0.6 is 0 Å². The SMILES string of the molecule is CCCCCCCCCC[C@H](O[Si](C)(C)C(C)(C)C)[C@@H]1CC[C@@H]([C@H]2CCC(OC(C)=O)O2)O1. The molecule has 0 aromatic rings. The molecule has 2 heterocycles. The largest absolute Gasteiger partial charge is 0.436 e. The van der Waals surface area contributed by atoms with E-state index < -0.39 is 14.6 Å². The normalized spacial score (nSPS) is 27.1. The van der Waals surface area contributed by atoms with E-state index in [4.69, 9.17) is 18.6 Å². The average Bonchev–Trinajstić information content (AvgIpc) is 3.37. The minimum Gasteiger partial charge on any atom is -0.436 e. The summed E-state index contributed by atoms with van der Waals surface area (Å²) >= 11 is 0. The first-order chi connectivity index (χ1) is 15.5. The fraction of sp³-hybridized carbons (Fsp3) is 0.963. The number of carbonyl (C=O) groups is 1. The molecule has 2 aliphatic rings. The van der Waals surface area contributed by atoms with Gasteiger partial charge in [-0.1, -0.05) is 79.1 Å². The minimum absolute atomic E-state index is 0.0241. The second kappa shape index (κ2) is 13.6. The second-order valence-corrected chi connectivity index (χ2v) is 16.5. The first kappa shape index (κ1) is 28.8. The Morgan fingerprint density at radius 3 is 2.09 bits per heavy atom. The van der Waals surface area contributed by atoms with E-state index >= 15 is 0 Å². The van der Waals surface area contributed by atoms with Crippen LogP contribution in [0, 0.1) is 0 Å². The zero-order valence-corrected chi connectivity index (χ0v) is 23.6. The third kappa shape index (κ3) is 9.62. The number of ether oxygens (including phenoxy) is 3. The Labute approximate surface area is 204 Å². The van der Waals surface area contributed by atoms with Crippen molar-refractivity contribution in [2.24, 2.45) is 0 Å². The molecule has 0 radical (unpaired) electrons. The molecule has 0 spiro atoms. The molecular formula is C27H52O5Si. The van der Waals surface area contributed by atoms with E-state index in [1.54, 1.807) is 0 Å². The summed E-state index contributed by atoms with van der Waals surface area (Å²) in [7, 11) is -1.88. The summed E-state index contributed by atoms with van der Waals surface area (Å²) in [5.74, 6) is -0.279. The molecule has 0 amide bonds. The third-order valence-corrected chi connectivity index (χ3v) is 12.3. The second-order valence-electron chi connectivity index (χ2n) is 11.8. The molecule has 0 saturated carbocycles. The van der Waals surface area contributed by atoms with Crippen molar-refractivity contribution in [2.45, 2.75) is 167 Å². The Bertz CT molecular complexity index is 573. The van der Waals surface area contributed by atoms with Gasteiger partial charge in [-0.3, -0.25) is 4.79 Å². The van der Waals surface area contributed by atoms with Crippen LogP contribution in [0.2, 0.25) is 18.1 Å². The maximum absolute atomic E-state index is 11.2. The lowest BCUT2D eigenvalue weighted by Gasteiger charge is -2.41. The number of esters is 1. The van der Waals surface area contributed by atoms with Crippen molar-refractivity contribution in [3.05, 3.63) is 0 Å². The zero-order chi connectivity index (χ0) is 24.5. The summed E-state index contributed by atoms with van der Waals surface area (Å²) in [6.45, 7) is 15.3. The van der Waals surface area contributed by atoms with E-state index in [9.17, 15) is 4.79 Å². The Balaban J connectivity index is 1.87. The highest BCUT2D eigenvalue weighted by Crippen LogP contribution is 2.40. The van der Waals surface area contributed by atoms with E-state index in [1.165, 1.54) is 58.3 Å². The molecule has 0 aromatic heterocycles. The summed E-state index contributed by atoms with van der Waals surface area (Å²) in [5.41, 5.74) is 0. The van der Waals surface area contributed by atoms with Crippen molar-refractivity contribution in [2.75, 3.05) is 0 Å². The lowest BCUT2D eigenvalue weighted by Crippen LogP contribution is -2.47. The van der Waals surface area contributed by atoms with Gasteiger partial charge in [0.2, 0.25) is 6.29 Å². The van der Waals surface area contributed by atoms with Crippen molar-refractivity contribution >= 4 is 14.3 Å². The van der Waals surface area contributed by atoms with Crippen LogP contribution < -0.4 is 0 Å². The van der Waals surface area contributed by atoms with Crippen LogP contribution in [0.3, 0.4) is 0 Å². The van der Waals surface area contributed by atoms with E-state index in [1.807, 2.05) is 0 Å². The predicted octanol–water partition coefficient (Wildman–Crippen LogP) is 7.52. The van der Waals surface area contributed by atoms with E-state index in [0.29, 0.717) is 0 Å². The number of hydrogen-bond donors (Lipinski definition) is 0. The summed E-state index contributed by atoms with van der Waals surface area (Å²) < 4.78 is 24.8. The van der Waals surface area contributed by atoms with Crippen molar-refractivity contribution in [1.29, 1.82) is 0 Å². The van der Waals surface area contributed by atoms with Crippen LogP contribution in [0.1, 0.15) is 118 Å². The predicted molar refractivity (Wildman–Crippen MR) is 137 cm³/mol. The van der Waals surface area contributed by atoms with Gasteiger partial charge in [-0.15, -0.1) is 0 Å². The first-order valence-electron chi connectivity index (χ1n) is 13.7. The summed E-state index contributed by atoms with van der Waals surface area (Å²) in [4.78, 5) is 11.2. The van der Waals surface area contributed by atoms with Gasteiger partial charge in [-0.05, 0) is 43.8 Å². The Morgan fingerprint density at radius 1 is 0.909 bits per heavy atom. The molecule has 0 aromatic carbocycles. The Morgan fingerprint density at radius 2 is 1.48 bits per heavy atom. The molecule has 2 aliphatic heterocycles. The molecule has 1 unspecified atom stereocenters. The van der Waals surface area contributed by atoms with Crippen molar-refractivity contribution in [1.82, 2.24) is 0 Å². The molecule has 0 bridgehead atoms. The van der Waals surface area contributed by atoms with Crippen LogP contribution in [-0.2, 0) is 23.4 Å². The minimum atomic E-state index is -1.88. The van der Waals surface area contributed by atoms with Gasteiger partial charge in [-0.2, -0.15) is 0 Å². The third-order valence-electron chi connectivity index (χ3n) is 7.82. The quantitative estimate of drug-likeness (QED) is 0.145. The fourth-order valence-electron chi connectivity index (χ4n) is 4.77. The summed E-state index contributed by atoms with van der Waals surface area (Å²) in [6.07, 6.45) is 15.4. The molecule has 2 fully saturated rings. The fourth-order valence-corrected chi connectivity index (χ4v) is 6.15. The van der Waals surface area contributed by atoms with Crippen LogP contribution in [0.15, 0.2) is 0 Å². The number of carbonyl (C=O) groups excluding carboxylic acids is 1. The maximum Gasteiger partial charge on any atom is 0.304 e. The van der Waals surface area contributed by atoms with E-state index in [0.717, 1.165) is 32.1 Å². The summed E-state index contributed by atoms with van der Waals surface area (Å²) in [5, 5.41) is 0.189. The molecule has 194 valence electrons. The van der Waals surface area contributed by atoms with Crippen LogP contribution in [-0.4, -0.2) is 45.0 Å². The molecule has 0 N–H and O–H groups in total.